The number of benzene rings is 1. The van der Waals surface area contributed by atoms with Gasteiger partial charge in [-0.15, -0.1) is 0 Å². The van der Waals surface area contributed by atoms with E-state index in [0.717, 1.165) is 12.1 Å². The van der Waals surface area contributed by atoms with E-state index in [1.807, 2.05) is 19.0 Å². The Hall–Kier alpha value is -1.56. The average molecular weight is 302 g/mol. The van der Waals surface area contributed by atoms with Gasteiger partial charge in [-0.25, -0.2) is 0 Å². The summed E-state index contributed by atoms with van der Waals surface area (Å²) in [6, 6.07) is 4.89. The minimum atomic E-state index is -4.41. The van der Waals surface area contributed by atoms with E-state index >= 15 is 0 Å². The number of hydrogen-bond donors (Lipinski definition) is 0. The molecule has 0 saturated carbocycles. The van der Waals surface area contributed by atoms with E-state index in [9.17, 15) is 18.0 Å². The number of carbonyl (C=O) groups excluding carboxylic acids is 1. The molecule has 0 N–H and O–H groups in total. The van der Waals surface area contributed by atoms with E-state index in [2.05, 4.69) is 0 Å². The molecular formula is C15H21F3N2O. The summed E-state index contributed by atoms with van der Waals surface area (Å²) in [6.07, 6.45) is -4.41. The molecule has 3 nitrogen and oxygen atoms in total. The molecule has 0 bridgehead atoms. The normalized spacial score (nSPS) is 12.0. The van der Waals surface area contributed by atoms with Gasteiger partial charge in [0, 0.05) is 24.7 Å². The number of hydrogen-bond acceptors (Lipinski definition) is 2. The summed E-state index contributed by atoms with van der Waals surface area (Å²) in [5.41, 5.74) is -0.461. The molecule has 6 heteroatoms. The van der Waals surface area contributed by atoms with Crippen LogP contribution in [0.1, 0.15) is 19.4 Å². The lowest BCUT2D eigenvalue weighted by atomic mass is 10.1. The Morgan fingerprint density at radius 1 is 1.19 bits per heavy atom. The number of carbonyl (C=O) groups is 1. The number of rotatable bonds is 5. The summed E-state index contributed by atoms with van der Waals surface area (Å²) >= 11 is 0. The van der Waals surface area contributed by atoms with Crippen molar-refractivity contribution in [1.82, 2.24) is 4.90 Å². The number of amides is 1. The zero-order chi connectivity index (χ0) is 16.2. The second-order valence-electron chi connectivity index (χ2n) is 5.50. The van der Waals surface area contributed by atoms with E-state index in [-0.39, 0.29) is 17.5 Å². The zero-order valence-corrected chi connectivity index (χ0v) is 12.7. The third-order valence-electron chi connectivity index (χ3n) is 3.02. The molecule has 0 spiro atoms. The molecule has 118 valence electrons. The van der Waals surface area contributed by atoms with Gasteiger partial charge in [0.1, 0.15) is 0 Å². The molecule has 0 aliphatic rings. The Kier molecular flexibility index (Phi) is 5.78. The van der Waals surface area contributed by atoms with E-state index in [4.69, 9.17) is 0 Å². The molecule has 21 heavy (non-hydrogen) atoms. The predicted octanol–water partition coefficient (Wildman–Crippen LogP) is 3.26. The fourth-order valence-corrected chi connectivity index (χ4v) is 1.83. The second kappa shape index (κ2) is 6.93. The van der Waals surface area contributed by atoms with Crippen LogP contribution in [0.5, 0.6) is 0 Å². The Bertz CT molecular complexity index is 484. The van der Waals surface area contributed by atoms with Crippen LogP contribution in [0.3, 0.4) is 0 Å². The minimum Gasteiger partial charge on any atom is -0.311 e. The largest absolute Gasteiger partial charge is 0.416 e. The van der Waals surface area contributed by atoms with Crippen LogP contribution >= 0.6 is 0 Å². The quantitative estimate of drug-likeness (QED) is 0.833. The number of anilines is 1. The van der Waals surface area contributed by atoms with Crippen molar-refractivity contribution >= 4 is 11.6 Å². The van der Waals surface area contributed by atoms with Crippen molar-refractivity contribution in [2.24, 2.45) is 5.92 Å². The first-order chi connectivity index (χ1) is 9.62. The van der Waals surface area contributed by atoms with Gasteiger partial charge < -0.3 is 9.80 Å². The Morgan fingerprint density at radius 3 is 2.29 bits per heavy atom. The molecule has 0 aliphatic carbocycles. The van der Waals surface area contributed by atoms with Crippen LogP contribution in [0.2, 0.25) is 0 Å². The highest BCUT2D eigenvalue weighted by Gasteiger charge is 2.31. The van der Waals surface area contributed by atoms with Crippen LogP contribution < -0.4 is 4.90 Å². The van der Waals surface area contributed by atoms with Gasteiger partial charge in [0.25, 0.3) is 0 Å². The summed E-state index contributed by atoms with van der Waals surface area (Å²) in [5.74, 6) is -0.460. The van der Waals surface area contributed by atoms with Gasteiger partial charge in [0.2, 0.25) is 5.91 Å². The van der Waals surface area contributed by atoms with E-state index < -0.39 is 11.7 Å². The van der Waals surface area contributed by atoms with Crippen molar-refractivity contribution in [1.29, 1.82) is 0 Å². The molecule has 0 atom stereocenters. The van der Waals surface area contributed by atoms with Gasteiger partial charge in [-0.2, -0.15) is 13.2 Å². The van der Waals surface area contributed by atoms with E-state index in [1.54, 1.807) is 13.8 Å². The molecule has 0 saturated heterocycles. The first kappa shape index (κ1) is 17.5. The molecule has 0 heterocycles. The van der Waals surface area contributed by atoms with Crippen LogP contribution in [0.4, 0.5) is 18.9 Å². The third-order valence-corrected chi connectivity index (χ3v) is 3.02. The van der Waals surface area contributed by atoms with E-state index in [1.165, 1.54) is 17.0 Å². The monoisotopic (exact) mass is 302 g/mol. The molecule has 1 aromatic carbocycles. The van der Waals surface area contributed by atoms with Crippen molar-refractivity contribution in [2.45, 2.75) is 20.0 Å². The first-order valence-corrected chi connectivity index (χ1v) is 6.76. The Balaban J connectivity index is 3.10. The number of likely N-dealkylation sites (N-methyl/N-ethyl adjacent to an activating group) is 1. The van der Waals surface area contributed by atoms with Crippen LogP contribution in [0.15, 0.2) is 24.3 Å². The van der Waals surface area contributed by atoms with Crippen LogP contribution in [-0.4, -0.2) is 38.0 Å². The SMILES string of the molecule is CC(C)C(=O)N(CCN(C)C)c1cccc(C(F)(F)F)c1. The first-order valence-electron chi connectivity index (χ1n) is 6.76. The molecule has 0 fully saturated rings. The maximum absolute atomic E-state index is 12.8. The number of alkyl halides is 3. The van der Waals surface area contributed by atoms with Crippen molar-refractivity contribution in [3.63, 3.8) is 0 Å². The molecule has 0 aromatic heterocycles. The maximum atomic E-state index is 12.8. The zero-order valence-electron chi connectivity index (χ0n) is 12.7. The van der Waals surface area contributed by atoms with Gasteiger partial charge in [-0.05, 0) is 32.3 Å². The van der Waals surface area contributed by atoms with Crippen LogP contribution in [-0.2, 0) is 11.0 Å². The summed E-state index contributed by atoms with van der Waals surface area (Å²) < 4.78 is 38.4. The van der Waals surface area contributed by atoms with E-state index in [0.29, 0.717) is 13.1 Å². The molecule has 1 aromatic rings. The molecule has 1 amide bonds. The summed E-state index contributed by atoms with van der Waals surface area (Å²) in [4.78, 5) is 15.5. The summed E-state index contributed by atoms with van der Waals surface area (Å²) in [6.45, 7) is 4.40. The number of nitrogens with zero attached hydrogens (tertiary/aromatic N) is 2. The van der Waals surface area contributed by atoms with Crippen molar-refractivity contribution in [3.05, 3.63) is 29.8 Å². The molecular weight excluding hydrogens is 281 g/mol. The fourth-order valence-electron chi connectivity index (χ4n) is 1.83. The van der Waals surface area contributed by atoms with Crippen molar-refractivity contribution in [2.75, 3.05) is 32.1 Å². The maximum Gasteiger partial charge on any atom is 0.416 e. The highest BCUT2D eigenvalue weighted by molar-refractivity contribution is 5.94. The molecule has 0 aliphatic heterocycles. The van der Waals surface area contributed by atoms with Gasteiger partial charge in [-0.1, -0.05) is 19.9 Å². The van der Waals surface area contributed by atoms with Gasteiger partial charge in [0.15, 0.2) is 0 Å². The lowest BCUT2D eigenvalue weighted by Crippen LogP contribution is -2.39. The Morgan fingerprint density at radius 2 is 1.81 bits per heavy atom. The molecule has 0 radical (unpaired) electrons. The third kappa shape index (κ3) is 5.04. The second-order valence-corrected chi connectivity index (χ2v) is 5.50. The van der Waals surface area contributed by atoms with Crippen LogP contribution in [0, 0.1) is 5.92 Å². The highest BCUT2D eigenvalue weighted by atomic mass is 19.4. The summed E-state index contributed by atoms with van der Waals surface area (Å²) in [7, 11) is 3.70. The van der Waals surface area contributed by atoms with Gasteiger partial charge >= 0.3 is 6.18 Å². The van der Waals surface area contributed by atoms with Crippen LogP contribution in [0.25, 0.3) is 0 Å². The van der Waals surface area contributed by atoms with Gasteiger partial charge in [-0.3, -0.25) is 4.79 Å². The fraction of sp³-hybridized carbons (Fsp3) is 0.533. The van der Waals surface area contributed by atoms with Crippen molar-refractivity contribution in [3.8, 4) is 0 Å². The standard InChI is InChI=1S/C15H21F3N2O/c1-11(2)14(21)20(9-8-19(3)4)13-7-5-6-12(10-13)15(16,17)18/h5-7,10-11H,8-9H2,1-4H3. The van der Waals surface area contributed by atoms with Gasteiger partial charge in [0.05, 0.1) is 5.56 Å². The molecule has 0 unspecified atom stereocenters. The average Bonchev–Trinajstić information content (AvgIpc) is 2.37. The summed E-state index contributed by atoms with van der Waals surface area (Å²) in [5, 5.41) is 0. The number of halogens is 3. The minimum absolute atomic E-state index is 0.184. The smallest absolute Gasteiger partial charge is 0.311 e. The predicted molar refractivity (Wildman–Crippen MR) is 77.2 cm³/mol. The lowest BCUT2D eigenvalue weighted by molar-refractivity contribution is -0.137. The highest BCUT2D eigenvalue weighted by Crippen LogP contribution is 2.31. The lowest BCUT2D eigenvalue weighted by Gasteiger charge is -2.26. The topological polar surface area (TPSA) is 23.6 Å². The molecule has 1 rings (SSSR count). The van der Waals surface area contributed by atoms with Crippen molar-refractivity contribution < 1.29 is 18.0 Å². The Labute approximate surface area is 123 Å².